The first kappa shape index (κ1) is 18.2. The number of aromatic hydroxyl groups is 2. The molecule has 5 N–H and O–H groups in total. The molecule has 0 bridgehead atoms. The molecule has 0 radical (unpaired) electrons. The van der Waals surface area contributed by atoms with Crippen LogP contribution in [0.5, 0.6) is 11.5 Å². The highest BCUT2D eigenvalue weighted by molar-refractivity contribution is 7.86. The first-order valence-electron chi connectivity index (χ1n) is 6.74. The summed E-state index contributed by atoms with van der Waals surface area (Å²) < 4.78 is 31.0. The van der Waals surface area contributed by atoms with Crippen LogP contribution in [-0.2, 0) is 16.7 Å². The highest BCUT2D eigenvalue weighted by Crippen LogP contribution is 2.30. The van der Waals surface area contributed by atoms with E-state index in [1.807, 2.05) is 0 Å². The van der Waals surface area contributed by atoms with Crippen LogP contribution in [0.4, 0.5) is 0 Å². The third kappa shape index (κ3) is 4.05. The molecule has 0 spiro atoms. The van der Waals surface area contributed by atoms with E-state index in [2.05, 4.69) is 5.32 Å². The lowest BCUT2D eigenvalue weighted by Gasteiger charge is -2.10. The number of aromatic carboxylic acids is 1. The Hall–Kier alpha value is -3.11. The van der Waals surface area contributed by atoms with Crippen LogP contribution in [-0.4, -0.2) is 40.2 Å². The molecular formula is C15H13NO8S. The van der Waals surface area contributed by atoms with Crippen molar-refractivity contribution >= 4 is 22.0 Å². The van der Waals surface area contributed by atoms with Gasteiger partial charge >= 0.3 is 5.97 Å². The Morgan fingerprint density at radius 2 is 1.64 bits per heavy atom. The van der Waals surface area contributed by atoms with Gasteiger partial charge in [-0.25, -0.2) is 4.79 Å². The molecule has 0 aliphatic rings. The van der Waals surface area contributed by atoms with Crippen molar-refractivity contribution in [3.8, 4) is 11.5 Å². The van der Waals surface area contributed by atoms with Crippen LogP contribution in [0.1, 0.15) is 26.3 Å². The molecule has 0 aliphatic carbocycles. The van der Waals surface area contributed by atoms with Crippen LogP contribution in [0.3, 0.4) is 0 Å². The van der Waals surface area contributed by atoms with E-state index in [9.17, 15) is 28.2 Å². The minimum atomic E-state index is -4.78. The normalized spacial score (nSPS) is 11.1. The van der Waals surface area contributed by atoms with E-state index in [-0.39, 0.29) is 12.1 Å². The number of amides is 1. The van der Waals surface area contributed by atoms with Gasteiger partial charge in [-0.05, 0) is 17.7 Å². The Labute approximate surface area is 141 Å². The largest absolute Gasteiger partial charge is 0.507 e. The number of nitrogens with one attached hydrogen (secondary N) is 1. The quantitative estimate of drug-likeness (QED) is 0.386. The smallest absolute Gasteiger partial charge is 0.336 e. The van der Waals surface area contributed by atoms with Gasteiger partial charge in [0.05, 0.1) is 11.1 Å². The maximum Gasteiger partial charge on any atom is 0.336 e. The fourth-order valence-corrected chi connectivity index (χ4v) is 2.68. The summed E-state index contributed by atoms with van der Waals surface area (Å²) in [5, 5.41) is 30.8. The molecule has 0 aromatic heterocycles. The zero-order valence-electron chi connectivity index (χ0n) is 12.5. The Balaban J connectivity index is 2.26. The van der Waals surface area contributed by atoms with Crippen LogP contribution in [0.2, 0.25) is 0 Å². The molecule has 0 fully saturated rings. The van der Waals surface area contributed by atoms with Crippen molar-refractivity contribution in [2.75, 3.05) is 0 Å². The van der Waals surface area contributed by atoms with Crippen molar-refractivity contribution in [2.24, 2.45) is 0 Å². The molecule has 2 rings (SSSR count). The Morgan fingerprint density at radius 1 is 1.00 bits per heavy atom. The van der Waals surface area contributed by atoms with E-state index >= 15 is 0 Å². The van der Waals surface area contributed by atoms with Gasteiger partial charge in [-0.2, -0.15) is 8.42 Å². The minimum absolute atomic E-state index is 0.0170. The van der Waals surface area contributed by atoms with E-state index in [1.165, 1.54) is 18.2 Å². The molecule has 0 saturated heterocycles. The molecule has 0 saturated carbocycles. The number of phenolic OH excluding ortho intramolecular Hbond substituents is 2. The standard InChI is InChI=1S/C15H13NO8S/c17-11-6-13(25(22,23)24)12(18)5-10(11)14(19)16-7-8-3-1-2-4-9(8)15(20)21/h1-6,17-18H,7H2,(H,16,19)(H,20,21)(H,22,23,24). The number of carboxylic acid groups (broad SMARTS) is 1. The van der Waals surface area contributed by atoms with Gasteiger partial charge in [0.1, 0.15) is 16.4 Å². The second kappa shape index (κ2) is 6.79. The van der Waals surface area contributed by atoms with Gasteiger partial charge in [-0.15, -0.1) is 0 Å². The highest BCUT2D eigenvalue weighted by atomic mass is 32.2. The summed E-state index contributed by atoms with van der Waals surface area (Å²) >= 11 is 0. The van der Waals surface area contributed by atoms with Crippen LogP contribution < -0.4 is 5.32 Å². The Morgan fingerprint density at radius 3 is 2.24 bits per heavy atom. The molecule has 2 aromatic rings. The predicted molar refractivity (Wildman–Crippen MR) is 84.2 cm³/mol. The molecule has 2 aromatic carbocycles. The number of carbonyl (C=O) groups is 2. The van der Waals surface area contributed by atoms with Crippen LogP contribution in [0, 0.1) is 0 Å². The van der Waals surface area contributed by atoms with Gasteiger partial charge in [0, 0.05) is 12.6 Å². The van der Waals surface area contributed by atoms with E-state index < -0.39 is 44.0 Å². The third-order valence-corrected chi connectivity index (χ3v) is 4.17. The maximum absolute atomic E-state index is 12.1. The Bertz CT molecular complexity index is 952. The van der Waals surface area contributed by atoms with E-state index in [0.29, 0.717) is 17.7 Å². The first-order chi connectivity index (χ1) is 11.6. The molecule has 0 aliphatic heterocycles. The topological polar surface area (TPSA) is 161 Å². The fraction of sp³-hybridized carbons (Fsp3) is 0.0667. The number of rotatable bonds is 5. The lowest BCUT2D eigenvalue weighted by molar-refractivity contribution is 0.0694. The summed E-state index contributed by atoms with van der Waals surface area (Å²) in [6.45, 7) is -0.179. The summed E-state index contributed by atoms with van der Waals surface area (Å²) in [5.41, 5.74) is -0.157. The average Bonchev–Trinajstić information content (AvgIpc) is 2.53. The summed E-state index contributed by atoms with van der Waals surface area (Å²) in [4.78, 5) is 22.2. The number of hydrogen-bond donors (Lipinski definition) is 5. The van der Waals surface area contributed by atoms with E-state index in [1.54, 1.807) is 6.07 Å². The van der Waals surface area contributed by atoms with Gasteiger partial charge in [0.2, 0.25) is 0 Å². The molecule has 0 unspecified atom stereocenters. The van der Waals surface area contributed by atoms with Gasteiger partial charge in [-0.1, -0.05) is 18.2 Å². The summed E-state index contributed by atoms with van der Waals surface area (Å²) in [6, 6.07) is 7.16. The van der Waals surface area contributed by atoms with Gasteiger partial charge in [-0.3, -0.25) is 9.35 Å². The Kier molecular flexibility index (Phi) is 4.95. The molecule has 25 heavy (non-hydrogen) atoms. The monoisotopic (exact) mass is 367 g/mol. The number of hydrogen-bond acceptors (Lipinski definition) is 6. The SMILES string of the molecule is O=C(NCc1ccccc1C(=O)O)c1cc(O)c(S(=O)(=O)O)cc1O. The number of carbonyl (C=O) groups excluding carboxylic acids is 1. The van der Waals surface area contributed by atoms with Crippen molar-refractivity contribution in [1.82, 2.24) is 5.32 Å². The van der Waals surface area contributed by atoms with Gasteiger partial charge in [0.25, 0.3) is 16.0 Å². The lowest BCUT2D eigenvalue weighted by atomic mass is 10.1. The zero-order valence-corrected chi connectivity index (χ0v) is 13.3. The van der Waals surface area contributed by atoms with Crippen molar-refractivity contribution in [2.45, 2.75) is 11.4 Å². The lowest BCUT2D eigenvalue weighted by Crippen LogP contribution is -2.24. The number of benzene rings is 2. The molecule has 10 heteroatoms. The number of carboxylic acids is 1. The molecule has 1 amide bonds. The summed E-state index contributed by atoms with van der Waals surface area (Å²) in [6.07, 6.45) is 0. The molecule has 132 valence electrons. The van der Waals surface area contributed by atoms with E-state index in [4.69, 9.17) is 9.66 Å². The van der Waals surface area contributed by atoms with Gasteiger partial charge in [0.15, 0.2) is 0 Å². The fourth-order valence-electron chi connectivity index (χ4n) is 2.10. The van der Waals surface area contributed by atoms with Crippen molar-refractivity contribution in [3.63, 3.8) is 0 Å². The second-order valence-electron chi connectivity index (χ2n) is 4.96. The maximum atomic E-state index is 12.1. The molecule has 0 heterocycles. The predicted octanol–water partition coefficient (Wildman–Crippen LogP) is 0.973. The second-order valence-corrected chi connectivity index (χ2v) is 6.35. The number of phenols is 2. The minimum Gasteiger partial charge on any atom is -0.507 e. The van der Waals surface area contributed by atoms with Crippen LogP contribution in [0.25, 0.3) is 0 Å². The molecular weight excluding hydrogens is 354 g/mol. The first-order valence-corrected chi connectivity index (χ1v) is 8.18. The van der Waals surface area contributed by atoms with Crippen molar-refractivity contribution < 1.29 is 37.9 Å². The van der Waals surface area contributed by atoms with Crippen LogP contribution in [0.15, 0.2) is 41.3 Å². The van der Waals surface area contributed by atoms with Crippen molar-refractivity contribution in [3.05, 3.63) is 53.1 Å². The average molecular weight is 367 g/mol. The highest BCUT2D eigenvalue weighted by Gasteiger charge is 2.22. The van der Waals surface area contributed by atoms with E-state index in [0.717, 1.165) is 0 Å². The van der Waals surface area contributed by atoms with Gasteiger partial charge < -0.3 is 20.6 Å². The summed E-state index contributed by atoms with van der Waals surface area (Å²) in [5.74, 6) is -3.76. The summed E-state index contributed by atoms with van der Waals surface area (Å²) in [7, 11) is -4.78. The third-order valence-electron chi connectivity index (χ3n) is 3.29. The molecule has 9 nitrogen and oxygen atoms in total. The van der Waals surface area contributed by atoms with Crippen molar-refractivity contribution in [1.29, 1.82) is 0 Å². The van der Waals surface area contributed by atoms with Crippen LogP contribution >= 0.6 is 0 Å². The zero-order chi connectivity index (χ0) is 18.8. The molecule has 0 atom stereocenters.